The predicted molar refractivity (Wildman–Crippen MR) is 49.2 cm³/mol. The van der Waals surface area contributed by atoms with Crippen molar-refractivity contribution in [1.29, 1.82) is 0 Å². The maximum atomic E-state index is 10.5. The predicted octanol–water partition coefficient (Wildman–Crippen LogP) is 1.48. The minimum absolute atomic E-state index is 0.265. The van der Waals surface area contributed by atoms with E-state index in [0.29, 0.717) is 5.92 Å². The van der Waals surface area contributed by atoms with Crippen LogP contribution in [-0.2, 0) is 4.79 Å². The number of carboxylic acids is 1. The molecular formula is C9H19NO2. The van der Waals surface area contributed by atoms with Crippen LogP contribution in [0.2, 0.25) is 0 Å². The van der Waals surface area contributed by atoms with Gasteiger partial charge in [-0.3, -0.25) is 4.79 Å². The fourth-order valence-electron chi connectivity index (χ4n) is 0.983. The van der Waals surface area contributed by atoms with Gasteiger partial charge >= 0.3 is 5.97 Å². The average molecular weight is 173 g/mol. The lowest BCUT2D eigenvalue weighted by atomic mass is 10.0. The monoisotopic (exact) mass is 173 g/mol. The molecule has 0 saturated heterocycles. The largest absolute Gasteiger partial charge is 0.480 e. The molecule has 0 radical (unpaired) electrons. The molecule has 72 valence electrons. The van der Waals surface area contributed by atoms with Crippen LogP contribution in [0.15, 0.2) is 0 Å². The molecule has 0 aliphatic heterocycles. The maximum absolute atomic E-state index is 10.5. The molecule has 0 spiro atoms. The smallest absolute Gasteiger partial charge is 0.320 e. The van der Waals surface area contributed by atoms with Crippen molar-refractivity contribution in [1.82, 2.24) is 5.32 Å². The fourth-order valence-corrected chi connectivity index (χ4v) is 0.983. The standard InChI is InChI=1S/C9H19NO2/c1-5-6(2)7(3)10-8(4)9(11)12/h6-8,10H,5H2,1-4H3,(H,11,12). The van der Waals surface area contributed by atoms with Crippen LogP contribution >= 0.6 is 0 Å². The Bertz CT molecular complexity index is 147. The molecule has 3 atom stereocenters. The van der Waals surface area contributed by atoms with Crippen molar-refractivity contribution in [2.24, 2.45) is 5.92 Å². The SMILES string of the molecule is CCC(C)C(C)NC(C)C(=O)O. The first kappa shape index (κ1) is 11.4. The van der Waals surface area contributed by atoms with Crippen LogP contribution in [0.5, 0.6) is 0 Å². The van der Waals surface area contributed by atoms with Gasteiger partial charge in [-0.25, -0.2) is 0 Å². The van der Waals surface area contributed by atoms with E-state index in [-0.39, 0.29) is 6.04 Å². The van der Waals surface area contributed by atoms with Crippen LogP contribution in [-0.4, -0.2) is 23.2 Å². The van der Waals surface area contributed by atoms with Crippen molar-refractivity contribution in [3.63, 3.8) is 0 Å². The topological polar surface area (TPSA) is 49.3 Å². The number of rotatable bonds is 5. The summed E-state index contributed by atoms with van der Waals surface area (Å²) in [5, 5.41) is 11.7. The van der Waals surface area contributed by atoms with Crippen LogP contribution in [0.25, 0.3) is 0 Å². The van der Waals surface area contributed by atoms with Gasteiger partial charge in [0, 0.05) is 6.04 Å². The van der Waals surface area contributed by atoms with Gasteiger partial charge in [-0.15, -0.1) is 0 Å². The van der Waals surface area contributed by atoms with E-state index in [1.54, 1.807) is 6.92 Å². The Morgan fingerprint density at radius 1 is 1.42 bits per heavy atom. The van der Waals surface area contributed by atoms with Gasteiger partial charge in [-0.1, -0.05) is 20.3 Å². The van der Waals surface area contributed by atoms with E-state index in [1.807, 2.05) is 6.92 Å². The third-order valence-electron chi connectivity index (χ3n) is 2.38. The Morgan fingerprint density at radius 3 is 2.25 bits per heavy atom. The zero-order valence-corrected chi connectivity index (χ0v) is 8.29. The highest BCUT2D eigenvalue weighted by Gasteiger charge is 2.16. The van der Waals surface area contributed by atoms with Gasteiger partial charge in [0.15, 0.2) is 0 Å². The first-order chi connectivity index (χ1) is 5.49. The van der Waals surface area contributed by atoms with E-state index in [0.717, 1.165) is 6.42 Å². The molecule has 0 rings (SSSR count). The molecule has 0 fully saturated rings. The molecule has 3 heteroatoms. The zero-order valence-electron chi connectivity index (χ0n) is 8.29. The van der Waals surface area contributed by atoms with E-state index in [9.17, 15) is 4.79 Å². The lowest BCUT2D eigenvalue weighted by Crippen LogP contribution is -2.42. The van der Waals surface area contributed by atoms with Crippen LogP contribution in [0.4, 0.5) is 0 Å². The Labute approximate surface area is 74.2 Å². The second-order valence-electron chi connectivity index (χ2n) is 3.40. The first-order valence-electron chi connectivity index (χ1n) is 4.47. The van der Waals surface area contributed by atoms with Crippen LogP contribution < -0.4 is 5.32 Å². The highest BCUT2D eigenvalue weighted by atomic mass is 16.4. The van der Waals surface area contributed by atoms with Crippen molar-refractivity contribution in [3.8, 4) is 0 Å². The third-order valence-corrected chi connectivity index (χ3v) is 2.38. The molecular weight excluding hydrogens is 154 g/mol. The van der Waals surface area contributed by atoms with Crippen molar-refractivity contribution in [3.05, 3.63) is 0 Å². The average Bonchev–Trinajstić information content (AvgIpc) is 2.02. The summed E-state index contributed by atoms with van der Waals surface area (Å²) < 4.78 is 0. The molecule has 0 heterocycles. The Morgan fingerprint density at radius 2 is 1.92 bits per heavy atom. The van der Waals surface area contributed by atoms with Gasteiger partial charge in [-0.05, 0) is 19.8 Å². The highest BCUT2D eigenvalue weighted by Crippen LogP contribution is 2.07. The van der Waals surface area contributed by atoms with Crippen molar-refractivity contribution >= 4 is 5.97 Å². The molecule has 0 saturated carbocycles. The summed E-state index contributed by atoms with van der Waals surface area (Å²) in [5.41, 5.74) is 0. The second-order valence-corrected chi connectivity index (χ2v) is 3.40. The van der Waals surface area contributed by atoms with Gasteiger partial charge in [-0.2, -0.15) is 0 Å². The van der Waals surface area contributed by atoms with Crippen molar-refractivity contribution < 1.29 is 9.90 Å². The minimum Gasteiger partial charge on any atom is -0.480 e. The molecule has 0 amide bonds. The fraction of sp³-hybridized carbons (Fsp3) is 0.889. The summed E-state index contributed by atoms with van der Waals surface area (Å²) in [7, 11) is 0. The quantitative estimate of drug-likeness (QED) is 0.662. The normalized spacial score (nSPS) is 18.3. The summed E-state index contributed by atoms with van der Waals surface area (Å²) in [6.07, 6.45) is 1.07. The molecule has 2 N–H and O–H groups in total. The molecule has 0 aromatic carbocycles. The lowest BCUT2D eigenvalue weighted by molar-refractivity contribution is -0.139. The molecule has 0 bridgehead atoms. The van der Waals surface area contributed by atoms with Crippen LogP contribution in [0.3, 0.4) is 0 Å². The summed E-state index contributed by atoms with van der Waals surface area (Å²) in [6.45, 7) is 7.91. The van der Waals surface area contributed by atoms with Gasteiger partial charge < -0.3 is 10.4 Å². The first-order valence-corrected chi connectivity index (χ1v) is 4.47. The Balaban J connectivity index is 3.83. The summed E-state index contributed by atoms with van der Waals surface area (Å²) in [6, 6.07) is -0.185. The number of carbonyl (C=O) groups is 1. The maximum Gasteiger partial charge on any atom is 0.320 e. The van der Waals surface area contributed by atoms with E-state index < -0.39 is 12.0 Å². The second kappa shape index (κ2) is 5.14. The van der Waals surface area contributed by atoms with Gasteiger partial charge in [0.1, 0.15) is 6.04 Å². The van der Waals surface area contributed by atoms with Crippen molar-refractivity contribution in [2.45, 2.75) is 46.2 Å². The zero-order chi connectivity index (χ0) is 9.72. The van der Waals surface area contributed by atoms with Crippen LogP contribution in [0.1, 0.15) is 34.1 Å². The summed E-state index contributed by atoms with van der Waals surface area (Å²) in [4.78, 5) is 10.5. The van der Waals surface area contributed by atoms with Gasteiger partial charge in [0.05, 0.1) is 0 Å². The molecule has 3 nitrogen and oxygen atoms in total. The van der Waals surface area contributed by atoms with Crippen molar-refractivity contribution in [2.75, 3.05) is 0 Å². The molecule has 0 aliphatic carbocycles. The Kier molecular flexibility index (Phi) is 4.90. The summed E-state index contributed by atoms with van der Waals surface area (Å²) >= 11 is 0. The molecule has 12 heavy (non-hydrogen) atoms. The number of aliphatic carboxylic acids is 1. The molecule has 0 aromatic heterocycles. The van der Waals surface area contributed by atoms with E-state index in [2.05, 4.69) is 19.2 Å². The number of nitrogens with one attached hydrogen (secondary N) is 1. The highest BCUT2D eigenvalue weighted by molar-refractivity contribution is 5.72. The van der Waals surface area contributed by atoms with E-state index in [1.165, 1.54) is 0 Å². The number of hydrogen-bond acceptors (Lipinski definition) is 2. The number of carboxylic acid groups (broad SMARTS) is 1. The van der Waals surface area contributed by atoms with Gasteiger partial charge in [0.2, 0.25) is 0 Å². The Hall–Kier alpha value is -0.570. The lowest BCUT2D eigenvalue weighted by Gasteiger charge is -2.22. The molecule has 0 aliphatic rings. The minimum atomic E-state index is -0.787. The molecule has 3 unspecified atom stereocenters. The number of hydrogen-bond donors (Lipinski definition) is 2. The summed E-state index contributed by atoms with van der Waals surface area (Å²) in [5.74, 6) is -0.267. The van der Waals surface area contributed by atoms with E-state index in [4.69, 9.17) is 5.11 Å². The molecule has 0 aromatic rings. The van der Waals surface area contributed by atoms with Crippen LogP contribution in [0, 0.1) is 5.92 Å². The van der Waals surface area contributed by atoms with Gasteiger partial charge in [0.25, 0.3) is 0 Å². The van der Waals surface area contributed by atoms with E-state index >= 15 is 0 Å². The third kappa shape index (κ3) is 3.72.